The lowest BCUT2D eigenvalue weighted by Gasteiger charge is -2.16. The van der Waals surface area contributed by atoms with Gasteiger partial charge in [-0.1, -0.05) is 12.1 Å². The molecular weight excluding hydrogens is 300 g/mol. The quantitative estimate of drug-likeness (QED) is 0.669. The normalized spacial score (nSPS) is 14.6. The van der Waals surface area contributed by atoms with E-state index in [1.165, 1.54) is 6.07 Å². The summed E-state index contributed by atoms with van der Waals surface area (Å²) in [5.74, 6) is -0.549. The maximum atomic E-state index is 12.2. The molecule has 3 rings (SSSR count). The smallest absolute Gasteiger partial charge is 0.433 e. The molecule has 1 fully saturated rings. The number of nitrogens with zero attached hydrogens (tertiary/aromatic N) is 1. The van der Waals surface area contributed by atoms with Crippen molar-refractivity contribution >= 4 is 17.5 Å². The summed E-state index contributed by atoms with van der Waals surface area (Å²) in [5.41, 5.74) is 0.517. The van der Waals surface area contributed by atoms with Crippen molar-refractivity contribution in [1.29, 1.82) is 0 Å². The molecule has 7 heteroatoms. The number of para-hydroxylation sites is 2. The Hall–Kier alpha value is -2.83. The molecule has 1 N–H and O–H groups in total. The SMILES string of the molecule is O=C(Nc1ccccc1OC1CCCC1)c1ccc([N+](=O)[O-])o1. The van der Waals surface area contributed by atoms with E-state index >= 15 is 0 Å². The summed E-state index contributed by atoms with van der Waals surface area (Å²) in [7, 11) is 0. The van der Waals surface area contributed by atoms with Crippen LogP contribution in [0.25, 0.3) is 0 Å². The fraction of sp³-hybridized carbons (Fsp3) is 0.312. The van der Waals surface area contributed by atoms with Crippen molar-refractivity contribution in [3.63, 3.8) is 0 Å². The lowest BCUT2D eigenvalue weighted by molar-refractivity contribution is -0.402. The summed E-state index contributed by atoms with van der Waals surface area (Å²) in [6, 6.07) is 9.54. The van der Waals surface area contributed by atoms with Crippen LogP contribution >= 0.6 is 0 Å². The van der Waals surface area contributed by atoms with Gasteiger partial charge in [0.2, 0.25) is 0 Å². The van der Waals surface area contributed by atoms with Crippen LogP contribution in [-0.4, -0.2) is 16.9 Å². The summed E-state index contributed by atoms with van der Waals surface area (Å²) in [5, 5.41) is 13.3. The second kappa shape index (κ2) is 6.51. The molecule has 0 spiro atoms. The van der Waals surface area contributed by atoms with Gasteiger partial charge in [0.25, 0.3) is 5.91 Å². The van der Waals surface area contributed by atoms with Gasteiger partial charge in [-0.25, -0.2) is 0 Å². The third kappa shape index (κ3) is 3.50. The van der Waals surface area contributed by atoms with Crippen LogP contribution in [0.2, 0.25) is 0 Å². The predicted molar refractivity (Wildman–Crippen MR) is 82.6 cm³/mol. The van der Waals surface area contributed by atoms with Crippen molar-refractivity contribution in [2.75, 3.05) is 5.32 Å². The molecule has 1 saturated carbocycles. The predicted octanol–water partition coefficient (Wildman–Crippen LogP) is 3.76. The Morgan fingerprint density at radius 1 is 1.22 bits per heavy atom. The number of furan rings is 1. The average Bonchev–Trinajstić information content (AvgIpc) is 3.20. The van der Waals surface area contributed by atoms with E-state index < -0.39 is 16.7 Å². The summed E-state index contributed by atoms with van der Waals surface area (Å²) in [6.45, 7) is 0. The third-order valence-corrected chi connectivity index (χ3v) is 3.73. The van der Waals surface area contributed by atoms with E-state index in [1.807, 2.05) is 6.07 Å². The molecule has 23 heavy (non-hydrogen) atoms. The standard InChI is InChI=1S/C16H16N2O5/c19-16(14-9-10-15(23-14)18(20)21)17-12-7-3-4-8-13(12)22-11-5-1-2-6-11/h3-4,7-11H,1-2,5-6H2,(H,17,19). The van der Waals surface area contributed by atoms with Crippen LogP contribution in [0.4, 0.5) is 11.6 Å². The fourth-order valence-corrected chi connectivity index (χ4v) is 2.59. The number of hydrogen-bond acceptors (Lipinski definition) is 5. The number of rotatable bonds is 5. The number of hydrogen-bond donors (Lipinski definition) is 1. The molecule has 1 amide bonds. The first-order valence-electron chi connectivity index (χ1n) is 7.45. The van der Waals surface area contributed by atoms with E-state index in [9.17, 15) is 14.9 Å². The third-order valence-electron chi connectivity index (χ3n) is 3.73. The van der Waals surface area contributed by atoms with Gasteiger partial charge in [-0.15, -0.1) is 0 Å². The molecule has 1 aromatic heterocycles. The summed E-state index contributed by atoms with van der Waals surface area (Å²) in [4.78, 5) is 22.1. The number of nitro groups is 1. The Labute approximate surface area is 132 Å². The molecule has 0 radical (unpaired) electrons. The number of ether oxygens (including phenoxy) is 1. The molecule has 1 aliphatic carbocycles. The highest BCUT2D eigenvalue weighted by atomic mass is 16.6. The lowest BCUT2D eigenvalue weighted by atomic mass is 10.2. The minimum absolute atomic E-state index is 0.118. The zero-order valence-corrected chi connectivity index (χ0v) is 12.4. The zero-order chi connectivity index (χ0) is 16.2. The Balaban J connectivity index is 1.73. The first-order valence-corrected chi connectivity index (χ1v) is 7.45. The Morgan fingerprint density at radius 2 is 1.96 bits per heavy atom. The Bertz CT molecular complexity index is 719. The van der Waals surface area contributed by atoms with Gasteiger partial charge in [0.05, 0.1) is 17.9 Å². The van der Waals surface area contributed by atoms with Gasteiger partial charge < -0.3 is 14.5 Å². The van der Waals surface area contributed by atoms with Crippen LogP contribution in [0.5, 0.6) is 5.75 Å². The molecule has 1 heterocycles. The average molecular weight is 316 g/mol. The van der Waals surface area contributed by atoms with Crippen molar-refractivity contribution in [3.05, 3.63) is 52.3 Å². The molecule has 0 atom stereocenters. The van der Waals surface area contributed by atoms with Gasteiger partial charge in [-0.3, -0.25) is 14.9 Å². The largest absolute Gasteiger partial charge is 0.488 e. The lowest BCUT2D eigenvalue weighted by Crippen LogP contribution is -2.15. The van der Waals surface area contributed by atoms with E-state index in [-0.39, 0.29) is 11.9 Å². The summed E-state index contributed by atoms with van der Waals surface area (Å²) >= 11 is 0. The van der Waals surface area contributed by atoms with Crippen molar-refractivity contribution in [2.24, 2.45) is 0 Å². The number of nitrogens with one attached hydrogen (secondary N) is 1. The van der Waals surface area contributed by atoms with Crippen molar-refractivity contribution in [1.82, 2.24) is 0 Å². The van der Waals surface area contributed by atoms with Gasteiger partial charge in [-0.05, 0) is 43.9 Å². The molecule has 0 saturated heterocycles. The summed E-state index contributed by atoms with van der Waals surface area (Å²) in [6.07, 6.45) is 4.47. The molecule has 0 bridgehead atoms. The van der Waals surface area contributed by atoms with Gasteiger partial charge in [0.15, 0.2) is 5.76 Å². The van der Waals surface area contributed by atoms with Crippen molar-refractivity contribution < 1.29 is 18.9 Å². The highest BCUT2D eigenvalue weighted by molar-refractivity contribution is 6.03. The van der Waals surface area contributed by atoms with E-state index in [0.29, 0.717) is 11.4 Å². The summed E-state index contributed by atoms with van der Waals surface area (Å²) < 4.78 is 10.8. The second-order valence-electron chi connectivity index (χ2n) is 5.37. The van der Waals surface area contributed by atoms with Crippen LogP contribution in [0.3, 0.4) is 0 Å². The van der Waals surface area contributed by atoms with Crippen molar-refractivity contribution in [2.45, 2.75) is 31.8 Å². The van der Waals surface area contributed by atoms with Crippen LogP contribution in [-0.2, 0) is 0 Å². The highest BCUT2D eigenvalue weighted by Crippen LogP contribution is 2.30. The van der Waals surface area contributed by atoms with E-state index in [1.54, 1.807) is 18.2 Å². The van der Waals surface area contributed by atoms with Crippen LogP contribution in [0, 0.1) is 10.1 Å². The topological polar surface area (TPSA) is 94.6 Å². The van der Waals surface area contributed by atoms with Gasteiger partial charge in [0.1, 0.15) is 10.7 Å². The van der Waals surface area contributed by atoms with E-state index in [0.717, 1.165) is 31.7 Å². The Morgan fingerprint density at radius 3 is 2.65 bits per heavy atom. The van der Waals surface area contributed by atoms with Crippen LogP contribution < -0.4 is 10.1 Å². The first-order chi connectivity index (χ1) is 11.1. The minimum atomic E-state index is -0.687. The number of amides is 1. The maximum absolute atomic E-state index is 12.2. The minimum Gasteiger partial charge on any atom is -0.488 e. The van der Waals surface area contributed by atoms with E-state index in [2.05, 4.69) is 5.32 Å². The number of anilines is 1. The molecule has 1 aliphatic rings. The van der Waals surface area contributed by atoms with Crippen LogP contribution in [0.15, 0.2) is 40.8 Å². The number of benzene rings is 1. The molecule has 7 nitrogen and oxygen atoms in total. The van der Waals surface area contributed by atoms with Crippen LogP contribution in [0.1, 0.15) is 36.2 Å². The Kier molecular flexibility index (Phi) is 4.27. The van der Waals surface area contributed by atoms with Gasteiger partial charge >= 0.3 is 5.88 Å². The molecular formula is C16H16N2O5. The maximum Gasteiger partial charge on any atom is 0.433 e. The second-order valence-corrected chi connectivity index (χ2v) is 5.37. The monoisotopic (exact) mass is 316 g/mol. The fourth-order valence-electron chi connectivity index (χ4n) is 2.59. The van der Waals surface area contributed by atoms with Gasteiger partial charge in [0, 0.05) is 0 Å². The molecule has 120 valence electrons. The molecule has 1 aromatic carbocycles. The molecule has 0 aliphatic heterocycles. The highest BCUT2D eigenvalue weighted by Gasteiger charge is 2.20. The first kappa shape index (κ1) is 15.1. The van der Waals surface area contributed by atoms with E-state index in [4.69, 9.17) is 9.15 Å². The molecule has 0 unspecified atom stereocenters. The molecule has 2 aromatic rings. The van der Waals surface area contributed by atoms with Gasteiger partial charge in [-0.2, -0.15) is 0 Å². The number of carbonyl (C=O) groups excluding carboxylic acids is 1. The zero-order valence-electron chi connectivity index (χ0n) is 12.4. The van der Waals surface area contributed by atoms with Crippen molar-refractivity contribution in [3.8, 4) is 5.75 Å². The number of carbonyl (C=O) groups is 1.